The van der Waals surface area contributed by atoms with Crippen LogP contribution in [0, 0.1) is 0 Å². The highest BCUT2D eigenvalue weighted by molar-refractivity contribution is 9.10. The van der Waals surface area contributed by atoms with Crippen molar-refractivity contribution in [2.24, 2.45) is 0 Å². The van der Waals surface area contributed by atoms with Crippen molar-refractivity contribution in [2.45, 2.75) is 26.7 Å². The van der Waals surface area contributed by atoms with Gasteiger partial charge >= 0.3 is 20.4 Å². The first kappa shape index (κ1) is 23.8. The molecule has 0 atom stereocenters. The highest BCUT2D eigenvalue weighted by Crippen LogP contribution is 2.18. The van der Waals surface area contributed by atoms with Gasteiger partial charge in [-0.2, -0.15) is 35.6 Å². The Labute approximate surface area is 169 Å². The molecule has 0 unspecified atom stereocenters. The fourth-order valence-electron chi connectivity index (χ4n) is 1.93. The summed E-state index contributed by atoms with van der Waals surface area (Å²) >= 11 is 3.25. The molecule has 0 bridgehead atoms. The van der Waals surface area contributed by atoms with E-state index in [0.717, 1.165) is 16.8 Å². The van der Waals surface area contributed by atoms with E-state index in [-0.39, 0.29) is 0 Å². The molecule has 2 heterocycles. The van der Waals surface area contributed by atoms with Gasteiger partial charge in [-0.15, -0.1) is 8.17 Å². The second kappa shape index (κ2) is 9.28. The lowest BCUT2D eigenvalue weighted by molar-refractivity contribution is 0.500. The molecule has 0 N–H and O–H groups in total. The first-order valence-corrected chi connectivity index (χ1v) is 11.6. The highest BCUT2D eigenvalue weighted by atomic mass is 79.9. The van der Waals surface area contributed by atoms with Crippen molar-refractivity contribution in [1.29, 1.82) is 0 Å². The number of rotatable bonds is 6. The molecule has 2 aromatic rings. The van der Waals surface area contributed by atoms with E-state index in [0.29, 0.717) is 28.7 Å². The Balaban J connectivity index is 0.000000271. The van der Waals surface area contributed by atoms with Gasteiger partial charge in [-0.05, 0) is 34.8 Å². The molecule has 0 aliphatic carbocycles. The molecule has 0 saturated carbocycles. The van der Waals surface area contributed by atoms with Crippen molar-refractivity contribution in [2.75, 3.05) is 28.2 Å². The van der Waals surface area contributed by atoms with Crippen LogP contribution in [0.15, 0.2) is 22.9 Å². The molecule has 27 heavy (non-hydrogen) atoms. The van der Waals surface area contributed by atoms with Crippen LogP contribution in [0.2, 0.25) is 0 Å². The van der Waals surface area contributed by atoms with Crippen LogP contribution in [0.4, 0.5) is 0 Å². The summed E-state index contributed by atoms with van der Waals surface area (Å²) in [5, 5.41) is 7.59. The maximum absolute atomic E-state index is 11.7. The maximum atomic E-state index is 11.7. The van der Waals surface area contributed by atoms with Crippen molar-refractivity contribution >= 4 is 36.3 Å². The summed E-state index contributed by atoms with van der Waals surface area (Å²) in [6, 6.07) is 1.70. The average molecular weight is 485 g/mol. The summed E-state index contributed by atoms with van der Waals surface area (Å²) in [6.45, 7) is 3.77. The van der Waals surface area contributed by atoms with Crippen LogP contribution >= 0.6 is 15.9 Å². The summed E-state index contributed by atoms with van der Waals surface area (Å²) in [7, 11) is -1.01. The zero-order valence-corrected chi connectivity index (χ0v) is 19.4. The van der Waals surface area contributed by atoms with Gasteiger partial charge in [0.15, 0.2) is 0 Å². The normalized spacial score (nSPS) is 12.3. The minimum atomic E-state index is -3.49. The third kappa shape index (κ3) is 5.16. The van der Waals surface area contributed by atoms with E-state index in [1.165, 1.54) is 40.6 Å². The molecule has 2 aromatic heterocycles. The van der Waals surface area contributed by atoms with Crippen LogP contribution in [0.25, 0.3) is 0 Å². The molecule has 0 radical (unpaired) electrons. The summed E-state index contributed by atoms with van der Waals surface area (Å²) in [6.07, 6.45) is 4.22. The van der Waals surface area contributed by atoms with Gasteiger partial charge in [-0.1, -0.05) is 13.8 Å². The SMILES string of the molecule is CCc1c(Br)cnn1S(=O)(=O)N(C)C.CCc1ccnn1S(=O)(=O)N(C)C. The monoisotopic (exact) mass is 484 g/mol. The van der Waals surface area contributed by atoms with Crippen molar-refractivity contribution < 1.29 is 16.8 Å². The molecule has 154 valence electrons. The fraction of sp³-hybridized carbons (Fsp3) is 0.571. The Morgan fingerprint density at radius 3 is 1.89 bits per heavy atom. The molecule has 0 aromatic carbocycles. The summed E-state index contributed by atoms with van der Waals surface area (Å²) in [4.78, 5) is 0. The van der Waals surface area contributed by atoms with E-state index in [1.54, 1.807) is 6.07 Å². The zero-order chi connectivity index (χ0) is 21.0. The fourth-order valence-corrected chi connectivity index (χ4v) is 4.54. The molecule has 10 nitrogen and oxygen atoms in total. The Hall–Kier alpha value is -1.28. The number of hydrogen-bond acceptors (Lipinski definition) is 6. The van der Waals surface area contributed by atoms with Gasteiger partial charge < -0.3 is 0 Å². The van der Waals surface area contributed by atoms with E-state index >= 15 is 0 Å². The zero-order valence-electron chi connectivity index (χ0n) is 16.2. The van der Waals surface area contributed by atoms with Gasteiger partial charge in [0.2, 0.25) is 0 Å². The van der Waals surface area contributed by atoms with Crippen LogP contribution in [0.3, 0.4) is 0 Å². The highest BCUT2D eigenvalue weighted by Gasteiger charge is 2.21. The van der Waals surface area contributed by atoms with Gasteiger partial charge in [0.1, 0.15) is 0 Å². The van der Waals surface area contributed by atoms with E-state index < -0.39 is 20.4 Å². The topological polar surface area (TPSA) is 110 Å². The first-order chi connectivity index (χ1) is 12.4. The summed E-state index contributed by atoms with van der Waals surface area (Å²) in [5.41, 5.74) is 1.34. The molecule has 0 fully saturated rings. The van der Waals surface area contributed by atoms with E-state index in [4.69, 9.17) is 0 Å². The third-order valence-electron chi connectivity index (χ3n) is 3.52. The molecule has 13 heteroatoms. The van der Waals surface area contributed by atoms with Crippen LogP contribution in [0.1, 0.15) is 25.2 Å². The largest absolute Gasteiger partial charge is 0.322 e. The second-order valence-corrected chi connectivity index (χ2v) is 10.5. The van der Waals surface area contributed by atoms with Crippen LogP contribution in [-0.2, 0) is 33.3 Å². The van der Waals surface area contributed by atoms with Crippen LogP contribution in [0.5, 0.6) is 0 Å². The third-order valence-corrected chi connectivity index (χ3v) is 7.55. The van der Waals surface area contributed by atoms with Gasteiger partial charge in [0, 0.05) is 28.2 Å². The smallest absolute Gasteiger partial charge is 0.189 e. The standard InChI is InChI=1S/C7H12BrN3O2S.C7H13N3O2S/c1-4-7-6(8)5-9-11(7)14(12,13)10(2)3;1-4-7-5-6-8-10(7)13(11,12)9(2)3/h5H,4H2,1-3H3;5-6H,4H2,1-3H3. The van der Waals surface area contributed by atoms with Crippen LogP contribution in [-0.4, -0.2) is 72.0 Å². The molecule has 0 spiro atoms. The lowest BCUT2D eigenvalue weighted by Crippen LogP contribution is -2.30. The molecule has 0 amide bonds. The number of aromatic nitrogens is 4. The first-order valence-electron chi connectivity index (χ1n) is 8.02. The summed E-state index contributed by atoms with van der Waals surface area (Å²) in [5.74, 6) is 0. The Kier molecular flexibility index (Phi) is 8.16. The summed E-state index contributed by atoms with van der Waals surface area (Å²) < 4.78 is 51.7. The van der Waals surface area contributed by atoms with E-state index in [2.05, 4.69) is 26.1 Å². The molecule has 2 rings (SSSR count). The lowest BCUT2D eigenvalue weighted by atomic mass is 10.3. The Morgan fingerprint density at radius 2 is 1.44 bits per heavy atom. The van der Waals surface area contributed by atoms with Gasteiger partial charge in [0.05, 0.1) is 28.3 Å². The van der Waals surface area contributed by atoms with E-state index in [1.807, 2.05) is 13.8 Å². The Bertz CT molecular complexity index is 964. The van der Waals surface area contributed by atoms with Crippen molar-refractivity contribution in [3.05, 3.63) is 34.3 Å². The van der Waals surface area contributed by atoms with Gasteiger partial charge in [0.25, 0.3) is 0 Å². The Morgan fingerprint density at radius 1 is 0.926 bits per heavy atom. The van der Waals surface area contributed by atoms with Crippen molar-refractivity contribution in [3.8, 4) is 0 Å². The number of hydrogen-bond donors (Lipinski definition) is 0. The quantitative estimate of drug-likeness (QED) is 0.603. The number of halogens is 1. The van der Waals surface area contributed by atoms with E-state index in [9.17, 15) is 16.8 Å². The molecule has 0 saturated heterocycles. The van der Waals surface area contributed by atoms with Gasteiger partial charge in [-0.3, -0.25) is 0 Å². The molecule has 0 aliphatic heterocycles. The van der Waals surface area contributed by atoms with Crippen LogP contribution < -0.4 is 0 Å². The molecular formula is C14H25BrN6O4S2. The number of aryl methyl sites for hydroxylation is 1. The van der Waals surface area contributed by atoms with Crippen molar-refractivity contribution in [3.63, 3.8) is 0 Å². The minimum absolute atomic E-state index is 0.605. The predicted octanol–water partition coefficient (Wildman–Crippen LogP) is 0.963. The lowest BCUT2D eigenvalue weighted by Gasteiger charge is -2.12. The molecule has 0 aliphatic rings. The predicted molar refractivity (Wildman–Crippen MR) is 107 cm³/mol. The second-order valence-electron chi connectivity index (χ2n) is 5.74. The maximum Gasteiger partial charge on any atom is 0.322 e. The average Bonchev–Trinajstić information content (AvgIpc) is 3.21. The minimum Gasteiger partial charge on any atom is -0.189 e. The van der Waals surface area contributed by atoms with Gasteiger partial charge in [-0.25, -0.2) is 0 Å². The van der Waals surface area contributed by atoms with Crippen molar-refractivity contribution in [1.82, 2.24) is 27.0 Å². The molecular weight excluding hydrogens is 460 g/mol. The number of nitrogens with zero attached hydrogens (tertiary/aromatic N) is 6.